The quantitative estimate of drug-likeness (QED) is 0.874. The van der Waals surface area contributed by atoms with Gasteiger partial charge in [-0.2, -0.15) is 0 Å². The van der Waals surface area contributed by atoms with Crippen molar-refractivity contribution in [1.82, 2.24) is 0 Å². The highest BCUT2D eigenvalue weighted by Gasteiger charge is 2.26. The Morgan fingerprint density at radius 3 is 2.41 bits per heavy atom. The Hall–Kier alpha value is -1.55. The number of carbonyl (C=O) groups excluding carboxylic acids is 1. The van der Waals surface area contributed by atoms with Crippen LogP contribution < -0.4 is 10.1 Å². The second-order valence-electron chi connectivity index (χ2n) is 4.35. The summed E-state index contributed by atoms with van der Waals surface area (Å²) in [7, 11) is 3.13. The van der Waals surface area contributed by atoms with Gasteiger partial charge in [-0.1, -0.05) is 0 Å². The molecule has 1 N–H and O–H groups in total. The summed E-state index contributed by atoms with van der Waals surface area (Å²) >= 11 is 0. The Labute approximate surface area is 102 Å². The summed E-state index contributed by atoms with van der Waals surface area (Å²) in [6.07, 6.45) is 0. The second kappa shape index (κ2) is 5.19. The molecule has 0 heterocycles. The first-order valence-electron chi connectivity index (χ1n) is 5.42. The van der Waals surface area contributed by atoms with E-state index in [1.165, 1.54) is 7.11 Å². The zero-order valence-electron chi connectivity index (χ0n) is 11.0. The van der Waals surface area contributed by atoms with Crippen LogP contribution in [0.2, 0.25) is 0 Å². The second-order valence-corrected chi connectivity index (χ2v) is 4.35. The van der Waals surface area contributed by atoms with E-state index in [1.807, 2.05) is 19.1 Å². The molecule has 1 amide bonds. The molecular formula is C13H19NO3. The van der Waals surface area contributed by atoms with Crippen LogP contribution >= 0.6 is 0 Å². The van der Waals surface area contributed by atoms with Gasteiger partial charge in [-0.25, -0.2) is 0 Å². The first kappa shape index (κ1) is 13.5. The number of amides is 1. The van der Waals surface area contributed by atoms with Crippen LogP contribution in [0.3, 0.4) is 0 Å². The standard InChI is InChI=1S/C13H19NO3/c1-9-8-10(6-7-11(9)16-4)14-12(15)13(2,3)17-5/h6-8H,1-5H3,(H,14,15). The molecule has 0 aliphatic heterocycles. The SMILES string of the molecule is COc1ccc(NC(=O)C(C)(C)OC)cc1C. The molecule has 1 aromatic carbocycles. The maximum Gasteiger partial charge on any atom is 0.256 e. The predicted molar refractivity (Wildman–Crippen MR) is 67.4 cm³/mol. The Morgan fingerprint density at radius 1 is 1.29 bits per heavy atom. The van der Waals surface area contributed by atoms with Crippen molar-refractivity contribution in [1.29, 1.82) is 0 Å². The van der Waals surface area contributed by atoms with Gasteiger partial charge in [0.15, 0.2) is 0 Å². The lowest BCUT2D eigenvalue weighted by molar-refractivity contribution is -0.133. The maximum absolute atomic E-state index is 11.9. The summed E-state index contributed by atoms with van der Waals surface area (Å²) < 4.78 is 10.3. The maximum atomic E-state index is 11.9. The molecule has 1 aromatic rings. The number of aryl methyl sites for hydroxylation is 1. The lowest BCUT2D eigenvalue weighted by atomic mass is 10.1. The molecule has 0 aliphatic carbocycles. The molecule has 4 nitrogen and oxygen atoms in total. The number of hydrogen-bond donors (Lipinski definition) is 1. The molecule has 0 aromatic heterocycles. The fourth-order valence-electron chi connectivity index (χ4n) is 1.33. The average molecular weight is 237 g/mol. The van der Waals surface area contributed by atoms with E-state index in [-0.39, 0.29) is 5.91 Å². The van der Waals surface area contributed by atoms with Gasteiger partial charge in [-0.3, -0.25) is 4.79 Å². The van der Waals surface area contributed by atoms with Gasteiger partial charge < -0.3 is 14.8 Å². The molecule has 0 fully saturated rings. The minimum Gasteiger partial charge on any atom is -0.496 e. The minimum atomic E-state index is -0.839. The van der Waals surface area contributed by atoms with Crippen LogP contribution in [0.1, 0.15) is 19.4 Å². The van der Waals surface area contributed by atoms with Gasteiger partial charge in [0.05, 0.1) is 7.11 Å². The van der Waals surface area contributed by atoms with E-state index < -0.39 is 5.60 Å². The van der Waals surface area contributed by atoms with Gasteiger partial charge >= 0.3 is 0 Å². The van der Waals surface area contributed by atoms with E-state index in [0.29, 0.717) is 0 Å². The van der Waals surface area contributed by atoms with Gasteiger partial charge in [0, 0.05) is 12.8 Å². The van der Waals surface area contributed by atoms with Crippen LogP contribution in [0.15, 0.2) is 18.2 Å². The van der Waals surface area contributed by atoms with E-state index in [2.05, 4.69) is 5.32 Å². The molecule has 0 radical (unpaired) electrons. The molecule has 0 spiro atoms. The van der Waals surface area contributed by atoms with Crippen LogP contribution in [-0.4, -0.2) is 25.7 Å². The third kappa shape index (κ3) is 3.20. The highest BCUT2D eigenvalue weighted by molar-refractivity contribution is 5.96. The summed E-state index contributed by atoms with van der Waals surface area (Å²) in [6.45, 7) is 5.37. The van der Waals surface area contributed by atoms with E-state index >= 15 is 0 Å². The van der Waals surface area contributed by atoms with Crippen LogP contribution in [-0.2, 0) is 9.53 Å². The van der Waals surface area contributed by atoms with Gasteiger partial charge in [0.1, 0.15) is 11.4 Å². The molecule has 4 heteroatoms. The smallest absolute Gasteiger partial charge is 0.256 e. The van der Waals surface area contributed by atoms with Gasteiger partial charge in [0.25, 0.3) is 5.91 Å². The number of benzene rings is 1. The zero-order chi connectivity index (χ0) is 13.1. The molecule has 17 heavy (non-hydrogen) atoms. The normalized spacial score (nSPS) is 11.1. The van der Waals surface area contributed by atoms with E-state index in [4.69, 9.17) is 9.47 Å². The predicted octanol–water partition coefficient (Wildman–Crippen LogP) is 2.37. The first-order chi connectivity index (χ1) is 7.90. The van der Waals surface area contributed by atoms with Gasteiger partial charge in [-0.15, -0.1) is 0 Å². The summed E-state index contributed by atoms with van der Waals surface area (Å²) in [5.74, 6) is 0.624. The molecule has 94 valence electrons. The Bertz CT molecular complexity index is 413. The number of carbonyl (C=O) groups is 1. The topological polar surface area (TPSA) is 47.6 Å². The fourth-order valence-corrected chi connectivity index (χ4v) is 1.33. The number of ether oxygens (including phenoxy) is 2. The van der Waals surface area contributed by atoms with Crippen LogP contribution in [0.5, 0.6) is 5.75 Å². The van der Waals surface area contributed by atoms with Crippen molar-refractivity contribution in [3.05, 3.63) is 23.8 Å². The summed E-state index contributed by atoms with van der Waals surface area (Å²) in [5.41, 5.74) is 0.868. The lowest BCUT2D eigenvalue weighted by Gasteiger charge is -2.21. The van der Waals surface area contributed by atoms with Crippen molar-refractivity contribution in [2.75, 3.05) is 19.5 Å². The Kier molecular flexibility index (Phi) is 4.12. The zero-order valence-corrected chi connectivity index (χ0v) is 11.0. The van der Waals surface area contributed by atoms with Gasteiger partial charge in [0.2, 0.25) is 0 Å². The Balaban J connectivity index is 2.83. The highest BCUT2D eigenvalue weighted by atomic mass is 16.5. The first-order valence-corrected chi connectivity index (χ1v) is 5.42. The van der Waals surface area contributed by atoms with E-state index in [0.717, 1.165) is 17.0 Å². The molecular weight excluding hydrogens is 218 g/mol. The number of anilines is 1. The number of hydrogen-bond acceptors (Lipinski definition) is 3. The van der Waals surface area contributed by atoms with Crippen LogP contribution in [0.4, 0.5) is 5.69 Å². The van der Waals surface area contributed by atoms with Gasteiger partial charge in [-0.05, 0) is 44.5 Å². The average Bonchev–Trinajstić information content (AvgIpc) is 2.29. The van der Waals surface area contributed by atoms with Crippen molar-refractivity contribution >= 4 is 11.6 Å². The molecule has 0 bridgehead atoms. The van der Waals surface area contributed by atoms with Crippen LogP contribution in [0.25, 0.3) is 0 Å². The van der Waals surface area contributed by atoms with Crippen LogP contribution in [0, 0.1) is 6.92 Å². The monoisotopic (exact) mass is 237 g/mol. The van der Waals surface area contributed by atoms with Crippen molar-refractivity contribution in [2.24, 2.45) is 0 Å². The summed E-state index contributed by atoms with van der Waals surface area (Å²) in [5, 5.41) is 2.81. The summed E-state index contributed by atoms with van der Waals surface area (Å²) in [4.78, 5) is 11.9. The number of methoxy groups -OCH3 is 2. The largest absolute Gasteiger partial charge is 0.496 e. The third-order valence-electron chi connectivity index (χ3n) is 2.71. The van der Waals surface area contributed by atoms with E-state index in [9.17, 15) is 4.79 Å². The molecule has 0 saturated heterocycles. The van der Waals surface area contributed by atoms with Crippen molar-refractivity contribution in [2.45, 2.75) is 26.4 Å². The molecule has 1 rings (SSSR count). The van der Waals surface area contributed by atoms with Crippen molar-refractivity contribution < 1.29 is 14.3 Å². The highest BCUT2D eigenvalue weighted by Crippen LogP contribution is 2.22. The molecule has 0 unspecified atom stereocenters. The molecule has 0 aliphatic rings. The third-order valence-corrected chi connectivity index (χ3v) is 2.71. The molecule has 0 atom stereocenters. The Morgan fingerprint density at radius 2 is 1.94 bits per heavy atom. The molecule has 0 saturated carbocycles. The van der Waals surface area contributed by atoms with E-state index in [1.54, 1.807) is 27.0 Å². The number of rotatable bonds is 4. The van der Waals surface area contributed by atoms with Crippen molar-refractivity contribution in [3.8, 4) is 5.75 Å². The summed E-state index contributed by atoms with van der Waals surface area (Å²) in [6, 6.07) is 5.49. The van der Waals surface area contributed by atoms with Crippen molar-refractivity contribution in [3.63, 3.8) is 0 Å². The fraction of sp³-hybridized carbons (Fsp3) is 0.462. The lowest BCUT2D eigenvalue weighted by Crippen LogP contribution is -2.38. The minimum absolute atomic E-state index is 0.176. The number of nitrogens with one attached hydrogen (secondary N) is 1.